The predicted molar refractivity (Wildman–Crippen MR) is 69.1 cm³/mol. The van der Waals surface area contributed by atoms with E-state index in [-0.39, 0.29) is 5.41 Å². The van der Waals surface area contributed by atoms with Gasteiger partial charge < -0.3 is 10.6 Å². The minimum absolute atomic E-state index is 0.288. The molecule has 2 aromatic rings. The van der Waals surface area contributed by atoms with Crippen molar-refractivity contribution in [3.8, 4) is 0 Å². The van der Waals surface area contributed by atoms with Crippen molar-refractivity contribution in [2.75, 3.05) is 13.1 Å². The van der Waals surface area contributed by atoms with Gasteiger partial charge in [0.25, 0.3) is 0 Å². The van der Waals surface area contributed by atoms with Gasteiger partial charge in [-0.3, -0.25) is 0 Å². The Labute approximate surface area is 106 Å². The van der Waals surface area contributed by atoms with Crippen LogP contribution in [0.15, 0.2) is 22.8 Å². The van der Waals surface area contributed by atoms with E-state index in [0.717, 1.165) is 36.2 Å². The summed E-state index contributed by atoms with van der Waals surface area (Å²) >= 11 is 0. The Morgan fingerprint density at radius 1 is 1.44 bits per heavy atom. The molecule has 0 amide bonds. The van der Waals surface area contributed by atoms with Crippen molar-refractivity contribution in [3.05, 3.63) is 23.8 Å². The Hall–Kier alpha value is -1.46. The van der Waals surface area contributed by atoms with Crippen molar-refractivity contribution >= 4 is 11.0 Å². The maximum atomic E-state index is 4.78. The fourth-order valence-electron chi connectivity index (χ4n) is 2.52. The van der Waals surface area contributed by atoms with Crippen LogP contribution in [0.4, 0.5) is 0 Å². The largest absolute Gasteiger partial charge is 0.315 e. The molecule has 1 atom stereocenters. The lowest BCUT2D eigenvalue weighted by molar-refractivity contribution is 0.308. The topological polar surface area (TPSA) is 63.0 Å². The lowest BCUT2D eigenvalue weighted by Crippen LogP contribution is -2.40. The standard InChI is InChI=1S/C13H18N4O/c1-13(2)8-14-7-11(13)15-6-9-4-3-5-10-12(9)17-18-16-10/h3-5,11,14-15H,6-8H2,1-2H3. The van der Waals surface area contributed by atoms with E-state index in [1.54, 1.807) is 0 Å². The highest BCUT2D eigenvalue weighted by Gasteiger charge is 2.33. The molecule has 18 heavy (non-hydrogen) atoms. The molecular formula is C13H18N4O. The van der Waals surface area contributed by atoms with Crippen LogP contribution in [0.3, 0.4) is 0 Å². The van der Waals surface area contributed by atoms with Crippen molar-refractivity contribution in [2.45, 2.75) is 26.4 Å². The second kappa shape index (κ2) is 4.33. The number of rotatable bonds is 3. The highest BCUT2D eigenvalue weighted by atomic mass is 16.6. The zero-order valence-electron chi connectivity index (χ0n) is 10.7. The van der Waals surface area contributed by atoms with Gasteiger partial charge in [-0.25, -0.2) is 4.63 Å². The molecule has 1 aliphatic rings. The van der Waals surface area contributed by atoms with Crippen molar-refractivity contribution < 1.29 is 4.63 Å². The van der Waals surface area contributed by atoms with Crippen molar-refractivity contribution in [1.82, 2.24) is 20.9 Å². The van der Waals surface area contributed by atoms with Crippen LogP contribution in [0.25, 0.3) is 11.0 Å². The second-order valence-electron chi connectivity index (χ2n) is 5.60. The van der Waals surface area contributed by atoms with E-state index in [1.165, 1.54) is 0 Å². The highest BCUT2D eigenvalue weighted by Crippen LogP contribution is 2.24. The van der Waals surface area contributed by atoms with Crippen LogP contribution in [0.1, 0.15) is 19.4 Å². The first-order chi connectivity index (χ1) is 8.67. The van der Waals surface area contributed by atoms with Gasteiger partial charge in [-0.15, -0.1) is 0 Å². The minimum atomic E-state index is 0.288. The molecular weight excluding hydrogens is 228 g/mol. The molecule has 0 aliphatic carbocycles. The summed E-state index contributed by atoms with van der Waals surface area (Å²) in [5, 5.41) is 14.8. The van der Waals surface area contributed by atoms with Crippen LogP contribution in [-0.4, -0.2) is 29.4 Å². The zero-order valence-corrected chi connectivity index (χ0v) is 10.7. The zero-order chi connectivity index (χ0) is 12.6. The van der Waals surface area contributed by atoms with Crippen LogP contribution in [0.5, 0.6) is 0 Å². The van der Waals surface area contributed by atoms with E-state index in [9.17, 15) is 0 Å². The first-order valence-electron chi connectivity index (χ1n) is 6.31. The Kier molecular flexibility index (Phi) is 2.80. The molecule has 0 radical (unpaired) electrons. The SMILES string of the molecule is CC1(C)CNCC1NCc1cccc2nonc12. The smallest absolute Gasteiger partial charge is 0.139 e. The summed E-state index contributed by atoms with van der Waals surface area (Å²) in [6.07, 6.45) is 0. The second-order valence-corrected chi connectivity index (χ2v) is 5.60. The summed E-state index contributed by atoms with van der Waals surface area (Å²) in [5.41, 5.74) is 3.10. The number of nitrogens with one attached hydrogen (secondary N) is 2. The summed E-state index contributed by atoms with van der Waals surface area (Å²) in [5.74, 6) is 0. The van der Waals surface area contributed by atoms with Gasteiger partial charge in [0.1, 0.15) is 11.0 Å². The fraction of sp³-hybridized carbons (Fsp3) is 0.538. The predicted octanol–water partition coefficient (Wildman–Crippen LogP) is 1.31. The van der Waals surface area contributed by atoms with E-state index in [4.69, 9.17) is 4.63 Å². The molecule has 5 nitrogen and oxygen atoms in total. The Morgan fingerprint density at radius 2 is 2.33 bits per heavy atom. The molecule has 1 unspecified atom stereocenters. The molecule has 0 spiro atoms. The highest BCUT2D eigenvalue weighted by molar-refractivity contribution is 5.76. The van der Waals surface area contributed by atoms with Crippen LogP contribution < -0.4 is 10.6 Å². The van der Waals surface area contributed by atoms with Gasteiger partial charge in [0.2, 0.25) is 0 Å². The van der Waals surface area contributed by atoms with Gasteiger partial charge in [0.05, 0.1) is 0 Å². The molecule has 1 aromatic heterocycles. The lowest BCUT2D eigenvalue weighted by Gasteiger charge is -2.26. The maximum absolute atomic E-state index is 4.78. The summed E-state index contributed by atoms with van der Waals surface area (Å²) in [4.78, 5) is 0. The molecule has 2 N–H and O–H groups in total. The van der Waals surface area contributed by atoms with Crippen LogP contribution in [0.2, 0.25) is 0 Å². The summed E-state index contributed by atoms with van der Waals surface area (Å²) in [6.45, 7) is 7.42. The van der Waals surface area contributed by atoms with E-state index in [1.807, 2.05) is 12.1 Å². The molecule has 1 aromatic carbocycles. The van der Waals surface area contributed by atoms with Crippen LogP contribution >= 0.6 is 0 Å². The normalized spacial score (nSPS) is 22.7. The molecule has 2 heterocycles. The van der Waals surface area contributed by atoms with Crippen molar-refractivity contribution in [1.29, 1.82) is 0 Å². The number of hydrogen-bond donors (Lipinski definition) is 2. The summed E-state index contributed by atoms with van der Waals surface area (Å²) in [7, 11) is 0. The number of benzene rings is 1. The van der Waals surface area contributed by atoms with E-state index in [0.29, 0.717) is 6.04 Å². The van der Waals surface area contributed by atoms with Gasteiger partial charge in [-0.05, 0) is 27.4 Å². The number of hydrogen-bond acceptors (Lipinski definition) is 5. The molecule has 1 aliphatic heterocycles. The lowest BCUT2D eigenvalue weighted by atomic mass is 9.88. The van der Waals surface area contributed by atoms with E-state index >= 15 is 0 Å². The molecule has 0 bridgehead atoms. The van der Waals surface area contributed by atoms with E-state index in [2.05, 4.69) is 40.9 Å². The third-order valence-electron chi connectivity index (χ3n) is 3.78. The molecule has 5 heteroatoms. The minimum Gasteiger partial charge on any atom is -0.315 e. The van der Waals surface area contributed by atoms with Gasteiger partial charge >= 0.3 is 0 Å². The Morgan fingerprint density at radius 3 is 3.11 bits per heavy atom. The third kappa shape index (κ3) is 2.00. The van der Waals surface area contributed by atoms with Crippen molar-refractivity contribution in [3.63, 3.8) is 0 Å². The van der Waals surface area contributed by atoms with Gasteiger partial charge in [-0.1, -0.05) is 26.0 Å². The van der Waals surface area contributed by atoms with E-state index < -0.39 is 0 Å². The first kappa shape index (κ1) is 11.6. The quantitative estimate of drug-likeness (QED) is 0.855. The fourth-order valence-corrected chi connectivity index (χ4v) is 2.52. The molecule has 1 fully saturated rings. The maximum Gasteiger partial charge on any atom is 0.139 e. The van der Waals surface area contributed by atoms with Crippen LogP contribution in [0, 0.1) is 5.41 Å². The molecule has 3 rings (SSSR count). The third-order valence-corrected chi connectivity index (χ3v) is 3.78. The Balaban J connectivity index is 1.75. The average Bonchev–Trinajstić information content (AvgIpc) is 2.92. The molecule has 0 saturated carbocycles. The summed E-state index contributed by atoms with van der Waals surface area (Å²) in [6, 6.07) is 6.44. The molecule has 1 saturated heterocycles. The van der Waals surface area contributed by atoms with Crippen LogP contribution in [-0.2, 0) is 6.54 Å². The van der Waals surface area contributed by atoms with Gasteiger partial charge in [-0.2, -0.15) is 0 Å². The Bertz CT molecular complexity index is 549. The van der Waals surface area contributed by atoms with Crippen molar-refractivity contribution in [2.24, 2.45) is 5.41 Å². The summed E-state index contributed by atoms with van der Waals surface area (Å²) < 4.78 is 4.78. The van der Waals surface area contributed by atoms with Gasteiger partial charge in [0, 0.05) is 25.7 Å². The number of fused-ring (bicyclic) bond motifs is 1. The number of nitrogens with zero attached hydrogens (tertiary/aromatic N) is 2. The van der Waals surface area contributed by atoms with Gasteiger partial charge in [0.15, 0.2) is 0 Å². The monoisotopic (exact) mass is 246 g/mol. The molecule has 96 valence electrons. The average molecular weight is 246 g/mol. The first-order valence-corrected chi connectivity index (χ1v) is 6.31. The number of aromatic nitrogens is 2.